The van der Waals surface area contributed by atoms with E-state index in [4.69, 9.17) is 27.9 Å². The summed E-state index contributed by atoms with van der Waals surface area (Å²) in [5, 5.41) is 12.3. The maximum atomic E-state index is 12.4. The van der Waals surface area contributed by atoms with Crippen LogP contribution in [0.5, 0.6) is 5.75 Å². The average Bonchev–Trinajstić information content (AvgIpc) is 2.68. The number of rotatable bonds is 6. The number of anilines is 1. The van der Waals surface area contributed by atoms with Crippen LogP contribution >= 0.6 is 23.2 Å². The first kappa shape index (κ1) is 20.3. The summed E-state index contributed by atoms with van der Waals surface area (Å²) < 4.78 is 9.89. The van der Waals surface area contributed by atoms with Gasteiger partial charge in [0.15, 0.2) is 6.61 Å². The number of methoxy groups -OCH3 is 1. The van der Waals surface area contributed by atoms with Gasteiger partial charge < -0.3 is 14.8 Å². The second kappa shape index (κ2) is 9.62. The Kier molecular flexibility index (Phi) is 7.24. The summed E-state index contributed by atoms with van der Waals surface area (Å²) in [6.45, 7) is -0.298. The first-order valence-electron chi connectivity index (χ1n) is 7.62. The van der Waals surface area contributed by atoms with E-state index in [1.807, 2.05) is 6.07 Å². The minimum Gasteiger partial charge on any atom is -0.481 e. The van der Waals surface area contributed by atoms with Crippen LogP contribution in [0.3, 0.4) is 0 Å². The van der Waals surface area contributed by atoms with Crippen molar-refractivity contribution in [3.8, 4) is 11.8 Å². The van der Waals surface area contributed by atoms with Crippen molar-refractivity contribution in [3.63, 3.8) is 0 Å². The van der Waals surface area contributed by atoms with Gasteiger partial charge in [0.2, 0.25) is 0 Å². The molecule has 1 N–H and O–H groups in total. The first-order valence-corrected chi connectivity index (χ1v) is 8.37. The molecule has 8 heteroatoms. The average molecular weight is 405 g/mol. The molecule has 2 aromatic rings. The predicted octanol–water partition coefficient (Wildman–Crippen LogP) is 4.09. The number of nitrogens with zero attached hydrogens (tertiary/aromatic N) is 1. The Hall–Kier alpha value is -3.01. The molecule has 0 unspecified atom stereocenters. The third kappa shape index (κ3) is 5.48. The van der Waals surface area contributed by atoms with Crippen LogP contribution in [0.1, 0.15) is 5.56 Å². The molecule has 0 aromatic heterocycles. The molecule has 0 aliphatic rings. The molecule has 2 aromatic carbocycles. The van der Waals surface area contributed by atoms with Gasteiger partial charge in [-0.05, 0) is 24.3 Å². The largest absolute Gasteiger partial charge is 0.481 e. The summed E-state index contributed by atoms with van der Waals surface area (Å²) in [7, 11) is 1.25. The molecule has 0 aliphatic carbocycles. The van der Waals surface area contributed by atoms with Crippen molar-refractivity contribution in [2.45, 2.75) is 0 Å². The molecule has 0 fully saturated rings. The molecule has 27 heavy (non-hydrogen) atoms. The van der Waals surface area contributed by atoms with Gasteiger partial charge in [-0.1, -0.05) is 47.5 Å². The molecule has 0 bridgehead atoms. The van der Waals surface area contributed by atoms with Crippen LogP contribution in [0.15, 0.2) is 48.0 Å². The Bertz CT molecular complexity index is 936. The van der Waals surface area contributed by atoms with Gasteiger partial charge in [0, 0.05) is 5.56 Å². The third-order valence-corrected chi connectivity index (χ3v) is 4.18. The van der Waals surface area contributed by atoms with Crippen molar-refractivity contribution in [2.75, 3.05) is 19.0 Å². The van der Waals surface area contributed by atoms with Crippen LogP contribution in [0.4, 0.5) is 5.69 Å². The standard InChI is InChI=1S/C19H14Cl2N2O4/c1-26-17(24)11-27-16-8-3-2-5-12(16)9-13(10-22)19(25)23-15-7-4-6-14(20)18(15)21/h2-9H,11H2,1H3,(H,23,25)/b13-9-. The second-order valence-electron chi connectivity index (χ2n) is 5.13. The number of benzene rings is 2. The van der Waals surface area contributed by atoms with E-state index in [1.165, 1.54) is 13.2 Å². The number of esters is 1. The number of halogens is 2. The summed E-state index contributed by atoms with van der Waals surface area (Å²) in [4.78, 5) is 23.7. The number of amides is 1. The zero-order valence-electron chi connectivity index (χ0n) is 14.2. The zero-order valence-corrected chi connectivity index (χ0v) is 15.7. The van der Waals surface area contributed by atoms with Crippen molar-refractivity contribution >= 4 is 46.8 Å². The molecule has 1 amide bonds. The Labute approximate surface area is 165 Å². The van der Waals surface area contributed by atoms with E-state index in [0.29, 0.717) is 11.3 Å². The van der Waals surface area contributed by atoms with Gasteiger partial charge in [-0.25, -0.2) is 4.79 Å². The van der Waals surface area contributed by atoms with Gasteiger partial charge in [-0.15, -0.1) is 0 Å². The highest BCUT2D eigenvalue weighted by molar-refractivity contribution is 6.44. The minimum absolute atomic E-state index is 0.173. The monoisotopic (exact) mass is 404 g/mol. The van der Waals surface area contributed by atoms with Crippen molar-refractivity contribution in [3.05, 3.63) is 63.6 Å². The SMILES string of the molecule is COC(=O)COc1ccccc1/C=C(/C#N)C(=O)Nc1cccc(Cl)c1Cl. The molecule has 0 spiro atoms. The van der Waals surface area contributed by atoms with Crippen LogP contribution in [-0.4, -0.2) is 25.6 Å². The number of carbonyl (C=O) groups is 2. The lowest BCUT2D eigenvalue weighted by Crippen LogP contribution is -2.14. The van der Waals surface area contributed by atoms with Gasteiger partial charge in [0.1, 0.15) is 17.4 Å². The second-order valence-corrected chi connectivity index (χ2v) is 5.91. The van der Waals surface area contributed by atoms with E-state index in [2.05, 4.69) is 10.1 Å². The summed E-state index contributed by atoms with van der Waals surface area (Å²) in [5.74, 6) is -0.892. The molecular formula is C19H14Cl2N2O4. The number of hydrogen-bond acceptors (Lipinski definition) is 5. The van der Waals surface area contributed by atoms with Crippen molar-refractivity contribution < 1.29 is 19.1 Å². The fourth-order valence-electron chi connectivity index (χ4n) is 2.02. The third-order valence-electron chi connectivity index (χ3n) is 3.36. The van der Waals surface area contributed by atoms with Crippen LogP contribution < -0.4 is 10.1 Å². The van der Waals surface area contributed by atoms with Gasteiger partial charge in [-0.3, -0.25) is 4.79 Å². The number of hydrogen-bond donors (Lipinski definition) is 1. The lowest BCUT2D eigenvalue weighted by molar-refractivity contribution is -0.142. The van der Waals surface area contributed by atoms with E-state index < -0.39 is 11.9 Å². The number of para-hydroxylation sites is 1. The quantitative estimate of drug-likeness (QED) is 0.444. The Morgan fingerprint density at radius 1 is 1.19 bits per heavy atom. The molecule has 0 aliphatic heterocycles. The summed E-state index contributed by atoms with van der Waals surface area (Å²) in [5.41, 5.74) is 0.552. The predicted molar refractivity (Wildman–Crippen MR) is 103 cm³/mol. The van der Waals surface area contributed by atoms with E-state index >= 15 is 0 Å². The fraction of sp³-hybridized carbons (Fsp3) is 0.105. The summed E-state index contributed by atoms with van der Waals surface area (Å²) in [6, 6.07) is 13.2. The van der Waals surface area contributed by atoms with E-state index in [1.54, 1.807) is 42.5 Å². The highest BCUT2D eigenvalue weighted by Gasteiger charge is 2.14. The van der Waals surface area contributed by atoms with Gasteiger partial charge in [-0.2, -0.15) is 5.26 Å². The molecule has 6 nitrogen and oxygen atoms in total. The lowest BCUT2D eigenvalue weighted by Gasteiger charge is -2.09. The normalized spacial score (nSPS) is 10.7. The smallest absolute Gasteiger partial charge is 0.343 e. The lowest BCUT2D eigenvalue weighted by atomic mass is 10.1. The Balaban J connectivity index is 2.25. The highest BCUT2D eigenvalue weighted by Crippen LogP contribution is 2.30. The first-order chi connectivity index (χ1) is 13.0. The van der Waals surface area contributed by atoms with E-state index in [0.717, 1.165) is 0 Å². The fourth-order valence-corrected chi connectivity index (χ4v) is 2.37. The molecular weight excluding hydrogens is 391 g/mol. The molecule has 0 atom stereocenters. The Morgan fingerprint density at radius 2 is 1.93 bits per heavy atom. The van der Waals surface area contributed by atoms with E-state index in [-0.39, 0.29) is 27.9 Å². The van der Waals surface area contributed by atoms with Crippen LogP contribution in [0, 0.1) is 11.3 Å². The number of nitrogens with one attached hydrogen (secondary N) is 1. The summed E-state index contributed by atoms with van der Waals surface area (Å²) in [6.07, 6.45) is 1.35. The van der Waals surface area contributed by atoms with Gasteiger partial charge in [0.25, 0.3) is 5.91 Å². The highest BCUT2D eigenvalue weighted by atomic mass is 35.5. The molecule has 138 valence electrons. The zero-order chi connectivity index (χ0) is 19.8. The molecule has 0 saturated carbocycles. The number of ether oxygens (including phenoxy) is 2. The number of carbonyl (C=O) groups excluding carboxylic acids is 2. The van der Waals surface area contributed by atoms with E-state index in [9.17, 15) is 14.9 Å². The maximum absolute atomic E-state index is 12.4. The van der Waals surface area contributed by atoms with Crippen molar-refractivity contribution in [1.29, 1.82) is 5.26 Å². The molecule has 0 radical (unpaired) electrons. The topological polar surface area (TPSA) is 88.4 Å². The Morgan fingerprint density at radius 3 is 2.63 bits per heavy atom. The summed E-state index contributed by atoms with van der Waals surface area (Å²) >= 11 is 12.0. The van der Waals surface area contributed by atoms with Gasteiger partial charge >= 0.3 is 5.97 Å². The number of nitriles is 1. The van der Waals surface area contributed by atoms with Crippen molar-refractivity contribution in [1.82, 2.24) is 0 Å². The van der Waals surface area contributed by atoms with Crippen LogP contribution in [0.25, 0.3) is 6.08 Å². The van der Waals surface area contributed by atoms with Crippen LogP contribution in [0.2, 0.25) is 10.0 Å². The van der Waals surface area contributed by atoms with Crippen LogP contribution in [-0.2, 0) is 14.3 Å². The molecule has 0 heterocycles. The maximum Gasteiger partial charge on any atom is 0.343 e. The van der Waals surface area contributed by atoms with Crippen molar-refractivity contribution in [2.24, 2.45) is 0 Å². The molecule has 0 saturated heterocycles. The minimum atomic E-state index is -0.663. The van der Waals surface area contributed by atoms with Gasteiger partial charge in [0.05, 0.1) is 22.8 Å². The molecule has 2 rings (SSSR count).